The van der Waals surface area contributed by atoms with Crippen molar-refractivity contribution in [3.8, 4) is 0 Å². The third kappa shape index (κ3) is 2.56. The summed E-state index contributed by atoms with van der Waals surface area (Å²) < 4.78 is 0.584. The minimum absolute atomic E-state index is 0.440. The maximum Gasteiger partial charge on any atom is 0.424 e. The van der Waals surface area contributed by atoms with Crippen molar-refractivity contribution in [1.29, 1.82) is 0 Å². The van der Waals surface area contributed by atoms with Gasteiger partial charge in [-0.05, 0) is 56.8 Å². The number of carbonyl (C=O) groups excluding carboxylic acids is 1. The molecule has 0 saturated carbocycles. The summed E-state index contributed by atoms with van der Waals surface area (Å²) in [5, 5.41) is 13.5. The van der Waals surface area contributed by atoms with E-state index in [-0.39, 0.29) is 0 Å². The number of aryl methyl sites for hydroxylation is 1. The maximum atomic E-state index is 12.1. The quantitative estimate of drug-likeness (QED) is 0.601. The largest absolute Gasteiger partial charge is 0.615 e. The Morgan fingerprint density at radius 2 is 2.00 bits per heavy atom. The number of fused-ring (bicyclic) bond motifs is 3. The van der Waals surface area contributed by atoms with Crippen molar-refractivity contribution >= 4 is 12.0 Å². The summed E-state index contributed by atoms with van der Waals surface area (Å²) in [4.78, 5) is 14.2. The number of hydrogen-bond acceptors (Lipinski definition) is 3. The van der Waals surface area contributed by atoms with Crippen LogP contribution in [0.4, 0.5) is 0 Å². The molecule has 4 nitrogen and oxygen atoms in total. The third-order valence-corrected chi connectivity index (χ3v) is 4.82. The molecule has 3 rings (SSSR count). The lowest BCUT2D eigenvalue weighted by Gasteiger charge is -2.34. The van der Waals surface area contributed by atoms with Gasteiger partial charge in [-0.15, -0.1) is 4.74 Å². The van der Waals surface area contributed by atoms with Crippen molar-refractivity contribution in [2.45, 2.75) is 52.0 Å². The van der Waals surface area contributed by atoms with E-state index >= 15 is 0 Å². The van der Waals surface area contributed by atoms with Crippen LogP contribution in [-0.4, -0.2) is 29.9 Å². The summed E-state index contributed by atoms with van der Waals surface area (Å²) in [5.41, 5.74) is 2.34. The molecule has 1 aromatic rings. The van der Waals surface area contributed by atoms with E-state index in [9.17, 15) is 10.0 Å². The first-order chi connectivity index (χ1) is 10.7. The minimum atomic E-state index is -0.440. The van der Waals surface area contributed by atoms with Gasteiger partial charge in [0.1, 0.15) is 0 Å². The lowest BCUT2D eigenvalue weighted by Crippen LogP contribution is -2.45. The van der Waals surface area contributed by atoms with Gasteiger partial charge in [0.25, 0.3) is 0 Å². The molecular formula is C18H24N2O2. The number of hydrogen-bond donors (Lipinski definition) is 0. The first-order valence-electron chi connectivity index (χ1n) is 8.40. The van der Waals surface area contributed by atoms with Crippen LogP contribution in [0.2, 0.25) is 0 Å². The predicted molar refractivity (Wildman–Crippen MR) is 87.7 cm³/mol. The van der Waals surface area contributed by atoms with E-state index < -0.39 is 5.91 Å². The second kappa shape index (κ2) is 6.21. The number of benzene rings is 1. The van der Waals surface area contributed by atoms with E-state index in [1.54, 1.807) is 0 Å². The van der Waals surface area contributed by atoms with Gasteiger partial charge in [-0.3, -0.25) is 0 Å². The molecule has 1 unspecified atom stereocenters. The number of carbonyl (C=O) groups is 1. The highest BCUT2D eigenvalue weighted by molar-refractivity contribution is 6.06. The molecule has 0 aromatic heterocycles. The molecule has 118 valence electrons. The fourth-order valence-corrected chi connectivity index (χ4v) is 3.84. The highest BCUT2D eigenvalue weighted by Gasteiger charge is 2.29. The zero-order chi connectivity index (χ0) is 15.7. The molecule has 0 radical (unpaired) electrons. The zero-order valence-corrected chi connectivity index (χ0v) is 13.5. The number of nitrogens with zero attached hydrogens (tertiary/aromatic N) is 2. The Morgan fingerprint density at radius 1 is 1.27 bits per heavy atom. The molecule has 4 heteroatoms. The van der Waals surface area contributed by atoms with Crippen LogP contribution in [0.3, 0.4) is 0 Å². The molecule has 0 N–H and O–H groups in total. The molecule has 1 heterocycles. The molecule has 1 atom stereocenters. The van der Waals surface area contributed by atoms with Gasteiger partial charge in [0, 0.05) is 11.6 Å². The summed E-state index contributed by atoms with van der Waals surface area (Å²) in [5.74, 6) is -0.440. The van der Waals surface area contributed by atoms with Gasteiger partial charge in [-0.25, -0.2) is 4.79 Å². The van der Waals surface area contributed by atoms with Crippen LogP contribution in [0.15, 0.2) is 12.1 Å². The zero-order valence-electron chi connectivity index (χ0n) is 13.5. The topological polar surface area (TPSA) is 46.4 Å². The summed E-state index contributed by atoms with van der Waals surface area (Å²) in [6, 6.07) is 4.50. The molecule has 1 aromatic carbocycles. The Balaban J connectivity index is 1.98. The van der Waals surface area contributed by atoms with Gasteiger partial charge in [-0.2, -0.15) is 0 Å². The average Bonchev–Trinajstić information content (AvgIpc) is 2.82. The van der Waals surface area contributed by atoms with Crippen molar-refractivity contribution in [2.24, 2.45) is 0 Å². The highest BCUT2D eigenvalue weighted by atomic mass is 16.5. The normalized spacial score (nSPS) is 20.0. The fourth-order valence-electron chi connectivity index (χ4n) is 3.84. The van der Waals surface area contributed by atoms with Crippen molar-refractivity contribution in [1.82, 2.24) is 9.64 Å². The highest BCUT2D eigenvalue weighted by Crippen LogP contribution is 2.22. The fraction of sp³-hybridized carbons (Fsp3) is 0.556. The monoisotopic (exact) mass is 300 g/mol. The first-order valence-corrected chi connectivity index (χ1v) is 8.40. The molecule has 1 aliphatic heterocycles. The Bertz CT molecular complexity index is 703. The van der Waals surface area contributed by atoms with E-state index in [2.05, 4.69) is 24.8 Å². The van der Waals surface area contributed by atoms with E-state index in [1.165, 1.54) is 11.6 Å². The lowest BCUT2D eigenvalue weighted by atomic mass is 9.86. The van der Waals surface area contributed by atoms with Crippen LogP contribution in [0.1, 0.15) is 44.2 Å². The van der Waals surface area contributed by atoms with Crippen LogP contribution < -0.4 is 15.3 Å². The van der Waals surface area contributed by atoms with Crippen molar-refractivity contribution < 1.29 is 4.79 Å². The average molecular weight is 300 g/mol. The second-order valence-electron chi connectivity index (χ2n) is 6.35. The molecule has 22 heavy (non-hydrogen) atoms. The van der Waals surface area contributed by atoms with E-state index in [0.29, 0.717) is 16.1 Å². The second-order valence-corrected chi connectivity index (χ2v) is 6.35. The van der Waals surface area contributed by atoms with Crippen LogP contribution in [-0.2, 0) is 17.6 Å². The summed E-state index contributed by atoms with van der Waals surface area (Å²) in [6.45, 7) is 6.64. The Labute approximate surface area is 131 Å². The van der Waals surface area contributed by atoms with Gasteiger partial charge in [0.15, 0.2) is 0 Å². The SMILES string of the molecule is CCCN(CCC)C1CCc2ccc3c(c2C1)=[N+]([O-])C(=O)C=3. The van der Waals surface area contributed by atoms with Gasteiger partial charge in [0.2, 0.25) is 5.36 Å². The van der Waals surface area contributed by atoms with E-state index in [1.807, 2.05) is 6.07 Å². The molecule has 0 saturated heterocycles. The van der Waals surface area contributed by atoms with Gasteiger partial charge >= 0.3 is 5.91 Å². The van der Waals surface area contributed by atoms with E-state index in [4.69, 9.17) is 0 Å². The van der Waals surface area contributed by atoms with Crippen LogP contribution in [0, 0.1) is 5.21 Å². The third-order valence-electron chi connectivity index (χ3n) is 4.82. The summed E-state index contributed by atoms with van der Waals surface area (Å²) in [7, 11) is 0. The molecule has 1 amide bonds. The van der Waals surface area contributed by atoms with Crippen LogP contribution in [0.5, 0.6) is 0 Å². The maximum absolute atomic E-state index is 12.1. The van der Waals surface area contributed by atoms with Crippen molar-refractivity contribution in [3.63, 3.8) is 0 Å². The molecule has 0 spiro atoms. The van der Waals surface area contributed by atoms with Crippen LogP contribution >= 0.6 is 0 Å². The lowest BCUT2D eigenvalue weighted by molar-refractivity contribution is -0.115. The van der Waals surface area contributed by atoms with Crippen LogP contribution in [0.25, 0.3) is 6.08 Å². The van der Waals surface area contributed by atoms with Gasteiger partial charge < -0.3 is 10.1 Å². The summed E-state index contributed by atoms with van der Waals surface area (Å²) >= 11 is 0. The first kappa shape index (κ1) is 15.2. The molecule has 2 aliphatic rings. The van der Waals surface area contributed by atoms with Crippen molar-refractivity contribution in [2.75, 3.05) is 13.1 Å². The standard InChI is InChI=1S/C18H24N2O2/c1-3-9-19(10-4-2)15-8-7-13-5-6-14-11-17(21)20(22)18(14)16(13)12-15/h5-6,11,15H,3-4,7-10,12H2,1-2H3. The van der Waals surface area contributed by atoms with E-state index in [0.717, 1.165) is 56.0 Å². The Hall–Kier alpha value is -1.68. The Morgan fingerprint density at radius 3 is 2.68 bits per heavy atom. The smallest absolute Gasteiger partial charge is 0.424 e. The number of hydroxylamine groups is 1. The Kier molecular flexibility index (Phi) is 4.30. The number of rotatable bonds is 5. The number of amides is 1. The van der Waals surface area contributed by atoms with Gasteiger partial charge in [0.05, 0.1) is 11.3 Å². The van der Waals surface area contributed by atoms with Crippen molar-refractivity contribution in [3.05, 3.63) is 39.0 Å². The molecule has 0 bridgehead atoms. The predicted octanol–water partition coefficient (Wildman–Crippen LogP) is 0.976. The molecular weight excluding hydrogens is 276 g/mol. The molecule has 1 aliphatic carbocycles. The molecule has 0 fully saturated rings. The van der Waals surface area contributed by atoms with Gasteiger partial charge in [-0.1, -0.05) is 19.9 Å². The minimum Gasteiger partial charge on any atom is -0.615 e. The summed E-state index contributed by atoms with van der Waals surface area (Å²) in [6.07, 6.45) is 6.79.